The number of rotatable bonds is 2. The van der Waals surface area contributed by atoms with Crippen LogP contribution in [-0.4, -0.2) is 58.1 Å². The molecule has 1 saturated heterocycles. The molecule has 0 bridgehead atoms. The lowest BCUT2D eigenvalue weighted by Crippen LogP contribution is -2.54. The number of likely N-dealkylation sites (tertiary alicyclic amines) is 1. The van der Waals surface area contributed by atoms with Crippen LogP contribution < -0.4 is 5.32 Å². The number of nitrogens with zero attached hydrogens (tertiary/aromatic N) is 3. The van der Waals surface area contributed by atoms with Crippen molar-refractivity contribution in [2.24, 2.45) is 0 Å². The van der Waals surface area contributed by atoms with E-state index in [2.05, 4.69) is 20.7 Å². The topological polar surface area (TPSA) is 73.9 Å². The number of halogens is 3. The summed E-state index contributed by atoms with van der Waals surface area (Å²) in [7, 11) is 1.41. The summed E-state index contributed by atoms with van der Waals surface area (Å²) < 4.78 is 38.1. The molecule has 0 saturated carbocycles. The maximum absolute atomic E-state index is 12.7. The highest BCUT2D eigenvalue weighted by Crippen LogP contribution is 2.30. The zero-order valence-electron chi connectivity index (χ0n) is 11.2. The number of hydrogen-bond donors (Lipinski definition) is 2. The van der Waals surface area contributed by atoms with Crippen molar-refractivity contribution in [3.8, 4) is 0 Å². The van der Waals surface area contributed by atoms with Crippen LogP contribution in [0.15, 0.2) is 0 Å². The molecule has 112 valence electrons. The average molecular weight is 291 g/mol. The van der Waals surface area contributed by atoms with Crippen LogP contribution in [0.3, 0.4) is 0 Å². The first-order valence-electron chi connectivity index (χ1n) is 6.24. The zero-order chi connectivity index (χ0) is 14.9. The van der Waals surface area contributed by atoms with Gasteiger partial charge in [0.2, 0.25) is 0 Å². The molecule has 1 aromatic heterocycles. The van der Waals surface area contributed by atoms with Crippen LogP contribution in [0.2, 0.25) is 0 Å². The van der Waals surface area contributed by atoms with E-state index < -0.39 is 18.1 Å². The molecule has 1 aliphatic rings. The molecule has 0 spiro atoms. The summed E-state index contributed by atoms with van der Waals surface area (Å²) in [6, 6.07) is -1.76. The molecule has 1 amide bonds. The van der Waals surface area contributed by atoms with Crippen molar-refractivity contribution in [1.29, 1.82) is 0 Å². The normalized spacial score (nSPS) is 24.6. The number of carbonyl (C=O) groups excluding carboxylic acids is 1. The number of aryl methyl sites for hydroxylation is 1. The highest BCUT2D eigenvalue weighted by molar-refractivity contribution is 5.93. The van der Waals surface area contributed by atoms with Gasteiger partial charge in [-0.2, -0.15) is 28.6 Å². The standard InChI is InChI=1S/C11H16F3N5O/c1-6-9(17-18-16-6)10(20)15-7-3-4-8(11(12,13)14)19(2)5-7/h7-8H,3-5H2,1-2H3,(H,15,20)(H,16,17,18)/t7-,8-/m0/s1. The molecule has 0 aromatic carbocycles. The molecule has 0 unspecified atom stereocenters. The number of likely N-dealkylation sites (N-methyl/N-ethyl adjacent to an activating group) is 1. The largest absolute Gasteiger partial charge is 0.404 e. The fraction of sp³-hybridized carbons (Fsp3) is 0.727. The van der Waals surface area contributed by atoms with E-state index in [-0.39, 0.29) is 31.1 Å². The molecule has 2 N–H and O–H groups in total. The second kappa shape index (κ2) is 5.39. The van der Waals surface area contributed by atoms with Gasteiger partial charge in [0.15, 0.2) is 5.69 Å². The number of aromatic nitrogens is 3. The molecule has 1 aliphatic heterocycles. The molecule has 1 aromatic rings. The predicted octanol–water partition coefficient (Wildman–Crippen LogP) is 0.868. The van der Waals surface area contributed by atoms with Crippen LogP contribution in [0, 0.1) is 6.92 Å². The molecule has 20 heavy (non-hydrogen) atoms. The summed E-state index contributed by atoms with van der Waals surface area (Å²) in [5.74, 6) is -0.417. The van der Waals surface area contributed by atoms with Gasteiger partial charge in [-0.3, -0.25) is 9.69 Å². The van der Waals surface area contributed by atoms with E-state index in [4.69, 9.17) is 0 Å². The highest BCUT2D eigenvalue weighted by atomic mass is 19.4. The molecule has 6 nitrogen and oxygen atoms in total. The Kier molecular flexibility index (Phi) is 3.98. The van der Waals surface area contributed by atoms with Gasteiger partial charge in [0.25, 0.3) is 5.91 Å². The Hall–Kier alpha value is -1.64. The minimum absolute atomic E-state index is 0.0251. The predicted molar refractivity (Wildman–Crippen MR) is 64.1 cm³/mol. The second-order valence-corrected chi connectivity index (χ2v) is 5.00. The summed E-state index contributed by atoms with van der Waals surface area (Å²) in [5.41, 5.74) is 0.630. The van der Waals surface area contributed by atoms with Crippen LogP contribution in [0.25, 0.3) is 0 Å². The number of hydrogen-bond acceptors (Lipinski definition) is 4. The van der Waals surface area contributed by atoms with Gasteiger partial charge >= 0.3 is 6.18 Å². The van der Waals surface area contributed by atoms with Crippen molar-refractivity contribution in [2.75, 3.05) is 13.6 Å². The molecule has 0 radical (unpaired) electrons. The first-order chi connectivity index (χ1) is 9.29. The summed E-state index contributed by atoms with van der Waals surface area (Å²) in [4.78, 5) is 13.1. The summed E-state index contributed by atoms with van der Waals surface area (Å²) in [6.07, 6.45) is -3.97. The Morgan fingerprint density at radius 1 is 1.40 bits per heavy atom. The minimum Gasteiger partial charge on any atom is -0.347 e. The third kappa shape index (κ3) is 3.09. The van der Waals surface area contributed by atoms with Gasteiger partial charge in [0, 0.05) is 12.6 Å². The molecular formula is C11H16F3N5O. The Balaban J connectivity index is 1.94. The van der Waals surface area contributed by atoms with E-state index in [0.29, 0.717) is 5.69 Å². The fourth-order valence-electron chi connectivity index (χ4n) is 2.43. The molecule has 2 heterocycles. The van der Waals surface area contributed by atoms with Crippen LogP contribution in [0.4, 0.5) is 13.2 Å². The Morgan fingerprint density at radius 3 is 2.60 bits per heavy atom. The summed E-state index contributed by atoms with van der Waals surface area (Å²) >= 11 is 0. The lowest BCUT2D eigenvalue weighted by atomic mass is 9.98. The van der Waals surface area contributed by atoms with Gasteiger partial charge in [-0.15, -0.1) is 0 Å². The van der Waals surface area contributed by atoms with E-state index in [1.807, 2.05) is 0 Å². The smallest absolute Gasteiger partial charge is 0.347 e. The SMILES string of the molecule is Cc1n[nH]nc1C(=O)N[C@H]1CC[C@@H](C(F)(F)F)N(C)C1. The molecule has 9 heteroatoms. The van der Waals surface area contributed by atoms with Crippen molar-refractivity contribution in [1.82, 2.24) is 25.6 Å². The molecule has 2 rings (SSSR count). The molecule has 0 aliphatic carbocycles. The van der Waals surface area contributed by atoms with Gasteiger partial charge in [-0.25, -0.2) is 0 Å². The lowest BCUT2D eigenvalue weighted by molar-refractivity contribution is -0.188. The lowest BCUT2D eigenvalue weighted by Gasteiger charge is -2.38. The van der Waals surface area contributed by atoms with E-state index in [9.17, 15) is 18.0 Å². The van der Waals surface area contributed by atoms with Gasteiger partial charge in [0.05, 0.1) is 5.69 Å². The van der Waals surface area contributed by atoms with Crippen molar-refractivity contribution < 1.29 is 18.0 Å². The third-order valence-electron chi connectivity index (χ3n) is 3.48. The van der Waals surface area contributed by atoms with Crippen molar-refractivity contribution in [3.63, 3.8) is 0 Å². The second-order valence-electron chi connectivity index (χ2n) is 5.00. The summed E-state index contributed by atoms with van der Waals surface area (Å²) in [6.45, 7) is 1.79. The molecular weight excluding hydrogens is 275 g/mol. The van der Waals surface area contributed by atoms with Gasteiger partial charge in [0.1, 0.15) is 6.04 Å². The van der Waals surface area contributed by atoms with Crippen LogP contribution >= 0.6 is 0 Å². The quantitative estimate of drug-likeness (QED) is 0.848. The average Bonchev–Trinajstić information content (AvgIpc) is 2.73. The number of H-pyrrole nitrogens is 1. The van der Waals surface area contributed by atoms with Gasteiger partial charge in [-0.05, 0) is 26.8 Å². The summed E-state index contributed by atoms with van der Waals surface area (Å²) in [5, 5.41) is 12.5. The third-order valence-corrected chi connectivity index (χ3v) is 3.48. The first-order valence-corrected chi connectivity index (χ1v) is 6.24. The monoisotopic (exact) mass is 291 g/mol. The molecule has 1 fully saturated rings. The van der Waals surface area contributed by atoms with E-state index >= 15 is 0 Å². The van der Waals surface area contributed by atoms with Crippen molar-refractivity contribution >= 4 is 5.91 Å². The van der Waals surface area contributed by atoms with Crippen molar-refractivity contribution in [3.05, 3.63) is 11.4 Å². The fourth-order valence-corrected chi connectivity index (χ4v) is 2.43. The maximum atomic E-state index is 12.7. The zero-order valence-corrected chi connectivity index (χ0v) is 11.2. The van der Waals surface area contributed by atoms with Crippen LogP contribution in [-0.2, 0) is 0 Å². The van der Waals surface area contributed by atoms with Crippen LogP contribution in [0.5, 0.6) is 0 Å². The first kappa shape index (κ1) is 14.8. The Labute approximate surface area is 113 Å². The van der Waals surface area contributed by atoms with Crippen LogP contribution in [0.1, 0.15) is 29.0 Å². The van der Waals surface area contributed by atoms with E-state index in [1.165, 1.54) is 11.9 Å². The number of nitrogens with one attached hydrogen (secondary N) is 2. The maximum Gasteiger partial charge on any atom is 0.404 e. The van der Waals surface area contributed by atoms with Gasteiger partial charge < -0.3 is 5.32 Å². The number of piperidine rings is 1. The highest BCUT2D eigenvalue weighted by Gasteiger charge is 2.44. The Bertz CT molecular complexity index is 487. The van der Waals surface area contributed by atoms with E-state index in [0.717, 1.165) is 0 Å². The number of carbonyl (C=O) groups is 1. The number of alkyl halides is 3. The number of amides is 1. The number of aromatic amines is 1. The van der Waals surface area contributed by atoms with E-state index in [1.54, 1.807) is 6.92 Å². The molecule has 2 atom stereocenters. The van der Waals surface area contributed by atoms with Crippen molar-refractivity contribution in [2.45, 2.75) is 38.0 Å². The Morgan fingerprint density at radius 2 is 2.10 bits per heavy atom. The van der Waals surface area contributed by atoms with Gasteiger partial charge in [-0.1, -0.05) is 0 Å². The minimum atomic E-state index is -4.23.